The summed E-state index contributed by atoms with van der Waals surface area (Å²) in [7, 11) is 3.54. The molecule has 1 fully saturated rings. The van der Waals surface area contributed by atoms with E-state index in [-0.39, 0.29) is 41.9 Å². The van der Waals surface area contributed by atoms with E-state index in [1.807, 2.05) is 0 Å². The summed E-state index contributed by atoms with van der Waals surface area (Å²) in [6, 6.07) is 2.52. The molecular weight excluding hydrogens is 774 g/mol. The Balaban J connectivity index is 2.27. The van der Waals surface area contributed by atoms with Crippen molar-refractivity contribution in [2.45, 2.75) is 117 Å². The molecular formula is C37H53N3O18. The number of hydrogen-bond acceptors (Lipinski definition) is 19. The smallest absolute Gasteiger partial charge is 0.414 e. The Morgan fingerprint density at radius 2 is 1.19 bits per heavy atom. The van der Waals surface area contributed by atoms with Crippen molar-refractivity contribution in [1.29, 1.82) is 0 Å². The standard InChI is InChI=1S/C37H53N3O18/c1-19(41)52-26-27(53-20(2)42)29(54-21(3)43)32(56-28(26)31(45)50-12)55-25-23(48-10)17-22(18-24(25)49-11)30(44)51-16-14-13-15-38-33(39-34(46)57-36(4,5)6)40-35(47)58-37(7,8)9/h17-18,26-29,32H,13-16H2,1-12H3,(H2,38,39,40,46,47)/t26-,27-,28-,29+,32+/m0/s1. The number of ether oxygens (including phenoxy) is 11. The van der Waals surface area contributed by atoms with Crippen molar-refractivity contribution in [2.24, 2.45) is 4.99 Å². The molecule has 2 rings (SSSR count). The highest BCUT2D eigenvalue weighted by Crippen LogP contribution is 2.42. The van der Waals surface area contributed by atoms with E-state index in [0.717, 1.165) is 27.9 Å². The molecule has 1 saturated heterocycles. The fraction of sp³-hybridized carbons (Fsp3) is 0.622. The summed E-state index contributed by atoms with van der Waals surface area (Å²) in [5.74, 6) is -5.08. The molecule has 1 heterocycles. The van der Waals surface area contributed by atoms with Gasteiger partial charge in [0, 0.05) is 27.3 Å². The number of guanidine groups is 1. The van der Waals surface area contributed by atoms with Crippen LogP contribution in [0.4, 0.5) is 9.59 Å². The molecule has 2 amide bonds. The van der Waals surface area contributed by atoms with E-state index in [2.05, 4.69) is 15.6 Å². The second-order valence-electron chi connectivity index (χ2n) is 14.3. The maximum Gasteiger partial charge on any atom is 0.414 e. The van der Waals surface area contributed by atoms with Crippen molar-refractivity contribution in [3.8, 4) is 17.2 Å². The summed E-state index contributed by atoms with van der Waals surface area (Å²) < 4.78 is 59.6. The number of amides is 2. The maximum absolute atomic E-state index is 13.1. The third-order valence-corrected chi connectivity index (χ3v) is 7.06. The second-order valence-corrected chi connectivity index (χ2v) is 14.3. The molecule has 324 valence electrons. The van der Waals surface area contributed by atoms with Gasteiger partial charge in [0.15, 0.2) is 29.8 Å². The molecule has 0 aliphatic carbocycles. The second kappa shape index (κ2) is 21.6. The van der Waals surface area contributed by atoms with E-state index < -0.39 is 83.9 Å². The largest absolute Gasteiger partial charge is 0.493 e. The summed E-state index contributed by atoms with van der Waals surface area (Å²) in [5.41, 5.74) is -1.66. The van der Waals surface area contributed by atoms with Crippen molar-refractivity contribution >= 4 is 48.0 Å². The number of benzene rings is 1. The highest BCUT2D eigenvalue weighted by atomic mass is 16.7. The van der Waals surface area contributed by atoms with Crippen molar-refractivity contribution in [3.05, 3.63) is 17.7 Å². The molecule has 2 N–H and O–H groups in total. The minimum atomic E-state index is -1.74. The number of unbranched alkanes of at least 4 members (excludes halogenated alkanes) is 1. The maximum atomic E-state index is 13.1. The van der Waals surface area contributed by atoms with Crippen LogP contribution in [0.25, 0.3) is 0 Å². The fourth-order valence-electron chi connectivity index (χ4n) is 4.97. The number of nitrogens with one attached hydrogen (secondary N) is 2. The lowest BCUT2D eigenvalue weighted by atomic mass is 9.97. The van der Waals surface area contributed by atoms with E-state index in [9.17, 15) is 33.6 Å². The third-order valence-electron chi connectivity index (χ3n) is 7.06. The molecule has 5 atom stereocenters. The first-order valence-corrected chi connectivity index (χ1v) is 17.9. The molecule has 58 heavy (non-hydrogen) atoms. The molecule has 21 nitrogen and oxygen atoms in total. The van der Waals surface area contributed by atoms with Crippen LogP contribution in [-0.4, -0.2) is 124 Å². The number of nitrogens with zero attached hydrogens (tertiary/aromatic N) is 1. The normalized spacial score (nSPS) is 18.9. The van der Waals surface area contributed by atoms with Gasteiger partial charge in [-0.2, -0.15) is 0 Å². The third kappa shape index (κ3) is 15.9. The van der Waals surface area contributed by atoms with Gasteiger partial charge in [-0.25, -0.2) is 19.2 Å². The molecule has 21 heteroatoms. The predicted octanol–water partition coefficient (Wildman–Crippen LogP) is 3.12. The van der Waals surface area contributed by atoms with Crippen LogP contribution in [-0.2, 0) is 57.1 Å². The average Bonchev–Trinajstić information content (AvgIpc) is 3.09. The van der Waals surface area contributed by atoms with Crippen LogP contribution in [0.2, 0.25) is 0 Å². The van der Waals surface area contributed by atoms with Crippen LogP contribution < -0.4 is 24.8 Å². The SMILES string of the molecule is COC(=O)[C@H]1O[C@@H](Oc2c(OC)cc(C(=O)OCCCCN=C(NC(=O)OC(C)(C)C)NC(=O)OC(C)(C)C)cc2OC)[C@H](OC(C)=O)[C@@H](OC(C)=O)[C@@H]1OC(C)=O. The van der Waals surface area contributed by atoms with Crippen molar-refractivity contribution in [1.82, 2.24) is 10.6 Å². The van der Waals surface area contributed by atoms with Gasteiger partial charge in [-0.05, 0) is 66.5 Å². The van der Waals surface area contributed by atoms with Crippen LogP contribution in [0.1, 0.15) is 85.5 Å². The number of esters is 5. The summed E-state index contributed by atoms with van der Waals surface area (Å²) >= 11 is 0. The lowest BCUT2D eigenvalue weighted by molar-refractivity contribution is -0.282. The molecule has 1 aliphatic heterocycles. The van der Waals surface area contributed by atoms with Gasteiger partial charge < -0.3 is 52.1 Å². The minimum Gasteiger partial charge on any atom is -0.493 e. The van der Waals surface area contributed by atoms with Crippen LogP contribution >= 0.6 is 0 Å². The van der Waals surface area contributed by atoms with Crippen LogP contribution in [0, 0.1) is 0 Å². The topological polar surface area (TPSA) is 257 Å². The van der Waals surface area contributed by atoms with Crippen molar-refractivity contribution in [3.63, 3.8) is 0 Å². The zero-order chi connectivity index (χ0) is 44.0. The summed E-state index contributed by atoms with van der Waals surface area (Å²) in [6.07, 6.45) is -9.40. The van der Waals surface area contributed by atoms with E-state index in [0.29, 0.717) is 12.8 Å². The fourth-order valence-corrected chi connectivity index (χ4v) is 4.97. The van der Waals surface area contributed by atoms with Crippen LogP contribution in [0.15, 0.2) is 17.1 Å². The molecule has 0 bridgehead atoms. The summed E-state index contributed by atoms with van der Waals surface area (Å²) in [4.78, 5) is 91.2. The number of aliphatic imine (C=N–C) groups is 1. The number of carbonyl (C=O) groups is 7. The molecule has 0 unspecified atom stereocenters. The number of hydrogen-bond donors (Lipinski definition) is 2. The number of rotatable bonds is 14. The Morgan fingerprint density at radius 3 is 1.64 bits per heavy atom. The monoisotopic (exact) mass is 827 g/mol. The van der Waals surface area contributed by atoms with E-state index >= 15 is 0 Å². The Labute approximate surface area is 335 Å². The Kier molecular flexibility index (Phi) is 18.0. The summed E-state index contributed by atoms with van der Waals surface area (Å²) in [6.45, 7) is 13.2. The van der Waals surface area contributed by atoms with Gasteiger partial charge in [0.2, 0.25) is 24.1 Å². The molecule has 1 aromatic carbocycles. The molecule has 1 aromatic rings. The highest BCUT2D eigenvalue weighted by Gasteiger charge is 2.56. The van der Waals surface area contributed by atoms with Gasteiger partial charge >= 0.3 is 42.0 Å². The van der Waals surface area contributed by atoms with Gasteiger partial charge in [0.25, 0.3) is 0 Å². The lowest BCUT2D eigenvalue weighted by Gasteiger charge is -2.43. The Morgan fingerprint density at radius 1 is 0.707 bits per heavy atom. The van der Waals surface area contributed by atoms with Crippen LogP contribution in [0.5, 0.6) is 17.2 Å². The van der Waals surface area contributed by atoms with Gasteiger partial charge in [0.1, 0.15) is 11.2 Å². The van der Waals surface area contributed by atoms with Gasteiger partial charge in [-0.15, -0.1) is 0 Å². The minimum absolute atomic E-state index is 0.0364. The van der Waals surface area contributed by atoms with Gasteiger partial charge in [-0.1, -0.05) is 0 Å². The average molecular weight is 828 g/mol. The van der Waals surface area contributed by atoms with Crippen molar-refractivity contribution in [2.75, 3.05) is 34.5 Å². The van der Waals surface area contributed by atoms with E-state index in [1.54, 1.807) is 41.5 Å². The first kappa shape index (κ1) is 48.3. The number of methoxy groups -OCH3 is 3. The van der Waals surface area contributed by atoms with Gasteiger partial charge in [-0.3, -0.25) is 30.0 Å². The molecule has 1 aliphatic rings. The summed E-state index contributed by atoms with van der Waals surface area (Å²) in [5, 5.41) is 4.76. The molecule has 0 saturated carbocycles. The Bertz CT molecular complexity index is 1620. The van der Waals surface area contributed by atoms with Crippen LogP contribution in [0.3, 0.4) is 0 Å². The first-order chi connectivity index (χ1) is 27.0. The zero-order valence-corrected chi connectivity index (χ0v) is 34.7. The Hall–Kier alpha value is -5.86. The highest BCUT2D eigenvalue weighted by molar-refractivity contribution is 6.01. The number of alkyl carbamates (subject to hydrolysis) is 2. The molecule has 0 spiro atoms. The lowest BCUT2D eigenvalue weighted by Crippen LogP contribution is -2.64. The predicted molar refractivity (Wildman–Crippen MR) is 198 cm³/mol. The molecule has 0 aromatic heterocycles. The van der Waals surface area contributed by atoms with E-state index in [4.69, 9.17) is 52.1 Å². The molecule has 0 radical (unpaired) electrons. The van der Waals surface area contributed by atoms with Crippen molar-refractivity contribution < 1.29 is 85.7 Å². The number of carbonyl (C=O) groups excluding carboxylic acids is 7. The first-order valence-electron chi connectivity index (χ1n) is 17.9. The van der Waals surface area contributed by atoms with E-state index in [1.165, 1.54) is 26.4 Å². The van der Waals surface area contributed by atoms with Gasteiger partial charge in [0.05, 0.1) is 33.5 Å². The quantitative estimate of drug-likeness (QED) is 0.0898. The zero-order valence-electron chi connectivity index (χ0n) is 34.7.